The van der Waals surface area contributed by atoms with Crippen molar-refractivity contribution >= 4 is 17.5 Å². The predicted octanol–water partition coefficient (Wildman–Crippen LogP) is 2.51. The van der Waals surface area contributed by atoms with Gasteiger partial charge in [-0.1, -0.05) is 30.7 Å². The average Bonchev–Trinajstić information content (AvgIpc) is 2.62. The smallest absolute Gasteiger partial charge is 0.230 e. The minimum atomic E-state index is -0.329. The molecule has 1 saturated heterocycles. The molecule has 0 radical (unpaired) electrons. The van der Waals surface area contributed by atoms with Crippen molar-refractivity contribution in [3.63, 3.8) is 0 Å². The maximum atomic E-state index is 11.9. The van der Waals surface area contributed by atoms with E-state index >= 15 is 0 Å². The van der Waals surface area contributed by atoms with E-state index in [1.165, 1.54) is 0 Å². The first-order chi connectivity index (χ1) is 7.19. The van der Waals surface area contributed by atoms with Crippen LogP contribution in [0.2, 0.25) is 5.02 Å². The number of rotatable bonds is 2. The molecule has 1 atom stereocenters. The number of benzene rings is 1. The van der Waals surface area contributed by atoms with Crippen LogP contribution in [0.4, 0.5) is 0 Å². The van der Waals surface area contributed by atoms with Gasteiger partial charge < -0.3 is 5.32 Å². The van der Waals surface area contributed by atoms with Gasteiger partial charge in [-0.3, -0.25) is 4.79 Å². The fourth-order valence-corrected chi connectivity index (χ4v) is 2.38. The van der Waals surface area contributed by atoms with Crippen LogP contribution in [0.25, 0.3) is 0 Å². The molecule has 2 rings (SSSR count). The summed E-state index contributed by atoms with van der Waals surface area (Å²) in [7, 11) is 0. The quantitative estimate of drug-likeness (QED) is 0.820. The number of nitrogens with one attached hydrogen (secondary N) is 1. The largest absolute Gasteiger partial charge is 0.355 e. The highest BCUT2D eigenvalue weighted by molar-refractivity contribution is 6.30. The number of carbonyl (C=O) groups is 1. The zero-order valence-electron chi connectivity index (χ0n) is 8.72. The summed E-state index contributed by atoms with van der Waals surface area (Å²) in [6.07, 6.45) is 1.71. The third kappa shape index (κ3) is 1.63. The Labute approximate surface area is 94.6 Å². The van der Waals surface area contributed by atoms with Crippen molar-refractivity contribution in [2.45, 2.75) is 25.2 Å². The van der Waals surface area contributed by atoms with Gasteiger partial charge in [-0.2, -0.15) is 0 Å². The monoisotopic (exact) mass is 223 g/mol. The SMILES string of the molecule is CCC1(c2ccc(Cl)cc2)CCNC1=O. The Morgan fingerprint density at radius 3 is 2.53 bits per heavy atom. The van der Waals surface area contributed by atoms with Gasteiger partial charge in [0.15, 0.2) is 0 Å². The van der Waals surface area contributed by atoms with Crippen LogP contribution in [-0.2, 0) is 10.2 Å². The van der Waals surface area contributed by atoms with Gasteiger partial charge in [0.05, 0.1) is 5.41 Å². The van der Waals surface area contributed by atoms with Crippen molar-refractivity contribution in [3.05, 3.63) is 34.9 Å². The fraction of sp³-hybridized carbons (Fsp3) is 0.417. The maximum absolute atomic E-state index is 11.9. The summed E-state index contributed by atoms with van der Waals surface area (Å²) in [5.41, 5.74) is 0.745. The second-order valence-electron chi connectivity index (χ2n) is 3.95. The maximum Gasteiger partial charge on any atom is 0.230 e. The van der Waals surface area contributed by atoms with E-state index in [0.29, 0.717) is 5.02 Å². The van der Waals surface area contributed by atoms with Gasteiger partial charge in [0.1, 0.15) is 0 Å². The highest BCUT2D eigenvalue weighted by Crippen LogP contribution is 2.35. The van der Waals surface area contributed by atoms with Crippen molar-refractivity contribution in [1.82, 2.24) is 5.32 Å². The van der Waals surface area contributed by atoms with Gasteiger partial charge >= 0.3 is 0 Å². The number of halogens is 1. The first-order valence-electron chi connectivity index (χ1n) is 5.23. The summed E-state index contributed by atoms with van der Waals surface area (Å²) in [5.74, 6) is 0.146. The molecule has 1 aliphatic heterocycles. The van der Waals surface area contributed by atoms with E-state index in [0.717, 1.165) is 24.9 Å². The van der Waals surface area contributed by atoms with Crippen molar-refractivity contribution in [1.29, 1.82) is 0 Å². The lowest BCUT2D eigenvalue weighted by Crippen LogP contribution is -2.34. The van der Waals surface area contributed by atoms with Crippen LogP contribution in [0.1, 0.15) is 25.3 Å². The van der Waals surface area contributed by atoms with E-state index < -0.39 is 0 Å². The third-order valence-electron chi connectivity index (χ3n) is 3.27. The van der Waals surface area contributed by atoms with E-state index in [1.54, 1.807) is 0 Å². The van der Waals surface area contributed by atoms with Crippen LogP contribution in [0, 0.1) is 0 Å². The topological polar surface area (TPSA) is 29.1 Å². The summed E-state index contributed by atoms with van der Waals surface area (Å²) < 4.78 is 0. The molecule has 1 N–H and O–H groups in total. The molecular formula is C12H14ClNO. The van der Waals surface area contributed by atoms with Crippen LogP contribution >= 0.6 is 11.6 Å². The summed E-state index contributed by atoms with van der Waals surface area (Å²) in [4.78, 5) is 11.9. The van der Waals surface area contributed by atoms with Crippen LogP contribution in [0.15, 0.2) is 24.3 Å². The molecule has 2 nitrogen and oxygen atoms in total. The molecule has 80 valence electrons. The van der Waals surface area contributed by atoms with E-state index in [9.17, 15) is 4.79 Å². The molecule has 1 amide bonds. The van der Waals surface area contributed by atoms with Gasteiger partial charge in [0.2, 0.25) is 5.91 Å². The Bertz CT molecular complexity index is 374. The molecule has 0 saturated carbocycles. The highest BCUT2D eigenvalue weighted by atomic mass is 35.5. The van der Waals surface area contributed by atoms with Crippen molar-refractivity contribution in [3.8, 4) is 0 Å². The molecule has 1 unspecified atom stereocenters. The molecule has 1 fully saturated rings. The van der Waals surface area contributed by atoms with Gasteiger partial charge in [0.25, 0.3) is 0 Å². The van der Waals surface area contributed by atoms with Gasteiger partial charge in [-0.25, -0.2) is 0 Å². The molecule has 1 aromatic carbocycles. The third-order valence-corrected chi connectivity index (χ3v) is 3.52. The summed E-state index contributed by atoms with van der Waals surface area (Å²) >= 11 is 5.84. The summed E-state index contributed by atoms with van der Waals surface area (Å²) in [6, 6.07) is 7.60. The zero-order chi connectivity index (χ0) is 10.9. The van der Waals surface area contributed by atoms with E-state index in [-0.39, 0.29) is 11.3 Å². The summed E-state index contributed by atoms with van der Waals surface area (Å²) in [5, 5.41) is 3.61. The van der Waals surface area contributed by atoms with Gasteiger partial charge in [0, 0.05) is 11.6 Å². The molecular weight excluding hydrogens is 210 g/mol. The number of hydrogen-bond acceptors (Lipinski definition) is 1. The zero-order valence-corrected chi connectivity index (χ0v) is 9.47. The number of hydrogen-bond donors (Lipinski definition) is 1. The molecule has 0 bridgehead atoms. The fourth-order valence-electron chi connectivity index (χ4n) is 2.26. The summed E-state index contributed by atoms with van der Waals surface area (Å²) in [6.45, 7) is 2.83. The first kappa shape index (κ1) is 10.5. The van der Waals surface area contributed by atoms with Crippen LogP contribution in [0.5, 0.6) is 0 Å². The van der Waals surface area contributed by atoms with Gasteiger partial charge in [-0.15, -0.1) is 0 Å². The van der Waals surface area contributed by atoms with E-state index in [2.05, 4.69) is 12.2 Å². The minimum Gasteiger partial charge on any atom is -0.355 e. The molecule has 1 heterocycles. The first-order valence-corrected chi connectivity index (χ1v) is 5.61. The van der Waals surface area contributed by atoms with Crippen LogP contribution in [0.3, 0.4) is 0 Å². The lowest BCUT2D eigenvalue weighted by molar-refractivity contribution is -0.124. The van der Waals surface area contributed by atoms with Gasteiger partial charge in [-0.05, 0) is 30.5 Å². The van der Waals surface area contributed by atoms with Crippen molar-refractivity contribution in [2.24, 2.45) is 0 Å². The molecule has 3 heteroatoms. The highest BCUT2D eigenvalue weighted by Gasteiger charge is 2.41. The van der Waals surface area contributed by atoms with Crippen LogP contribution in [-0.4, -0.2) is 12.5 Å². The van der Waals surface area contributed by atoms with Crippen molar-refractivity contribution in [2.75, 3.05) is 6.54 Å². The average molecular weight is 224 g/mol. The lowest BCUT2D eigenvalue weighted by Gasteiger charge is -2.24. The molecule has 0 spiro atoms. The Balaban J connectivity index is 2.42. The molecule has 0 aliphatic carbocycles. The standard InChI is InChI=1S/C12H14ClNO/c1-2-12(7-8-14-11(12)15)9-3-5-10(13)6-4-9/h3-6H,2,7-8H2,1H3,(H,14,15). The molecule has 1 aliphatic rings. The predicted molar refractivity (Wildman–Crippen MR) is 61.0 cm³/mol. The number of amides is 1. The lowest BCUT2D eigenvalue weighted by atomic mass is 9.77. The van der Waals surface area contributed by atoms with Crippen LogP contribution < -0.4 is 5.32 Å². The van der Waals surface area contributed by atoms with E-state index in [1.807, 2.05) is 24.3 Å². The Hall–Kier alpha value is -1.02. The minimum absolute atomic E-state index is 0.146. The second kappa shape index (κ2) is 3.86. The molecule has 0 aromatic heterocycles. The Morgan fingerprint density at radius 2 is 2.07 bits per heavy atom. The van der Waals surface area contributed by atoms with E-state index in [4.69, 9.17) is 11.6 Å². The Morgan fingerprint density at radius 1 is 1.40 bits per heavy atom. The molecule has 1 aromatic rings. The normalized spacial score (nSPS) is 25.3. The van der Waals surface area contributed by atoms with Crippen molar-refractivity contribution < 1.29 is 4.79 Å². The second-order valence-corrected chi connectivity index (χ2v) is 4.38. The number of carbonyl (C=O) groups excluding carboxylic acids is 1. The molecule has 15 heavy (non-hydrogen) atoms. The Kier molecular flexibility index (Phi) is 2.70.